The fraction of sp³-hybridized carbons (Fsp3) is 0.448. The van der Waals surface area contributed by atoms with Gasteiger partial charge in [-0.05, 0) is 75.6 Å². The highest BCUT2D eigenvalue weighted by Crippen LogP contribution is 2.35. The van der Waals surface area contributed by atoms with Gasteiger partial charge in [-0.15, -0.1) is 0 Å². The van der Waals surface area contributed by atoms with Gasteiger partial charge in [0, 0.05) is 12.6 Å². The van der Waals surface area contributed by atoms with Gasteiger partial charge in [-0.25, -0.2) is 0 Å². The molecule has 2 aromatic heterocycles. The molecule has 1 aliphatic heterocycles. The molecular formula is C29H35N3O4. The van der Waals surface area contributed by atoms with Crippen LogP contribution in [-0.2, 0) is 17.9 Å². The Morgan fingerprint density at radius 2 is 1.81 bits per heavy atom. The lowest BCUT2D eigenvalue weighted by atomic mass is 9.91. The lowest BCUT2D eigenvalue weighted by Crippen LogP contribution is -2.64. The third kappa shape index (κ3) is 4.66. The van der Waals surface area contributed by atoms with Crippen LogP contribution >= 0.6 is 0 Å². The van der Waals surface area contributed by atoms with Crippen LogP contribution in [0.5, 0.6) is 5.75 Å². The van der Waals surface area contributed by atoms with E-state index in [1.54, 1.807) is 11.2 Å². The van der Waals surface area contributed by atoms with E-state index in [9.17, 15) is 9.59 Å². The highest BCUT2D eigenvalue weighted by atomic mass is 16.5. The molecule has 1 atom stereocenters. The number of nitrogens with zero attached hydrogens (tertiary/aromatic N) is 2. The number of rotatable bonds is 7. The molecule has 1 aromatic carbocycles. The van der Waals surface area contributed by atoms with E-state index in [0.29, 0.717) is 24.5 Å². The third-order valence-corrected chi connectivity index (χ3v) is 7.35. The summed E-state index contributed by atoms with van der Waals surface area (Å²) in [6, 6.07) is 15.3. The number of furan rings is 1. The maximum atomic E-state index is 13.9. The van der Waals surface area contributed by atoms with Crippen molar-refractivity contribution in [1.82, 2.24) is 14.8 Å². The minimum Gasteiger partial charge on any atom is -0.491 e. The lowest BCUT2D eigenvalue weighted by Gasteiger charge is -2.45. The zero-order valence-electron chi connectivity index (χ0n) is 21.3. The first-order valence-electron chi connectivity index (χ1n) is 13.0. The van der Waals surface area contributed by atoms with Gasteiger partial charge in [0.1, 0.15) is 22.7 Å². The van der Waals surface area contributed by atoms with Crippen LogP contribution in [0.2, 0.25) is 0 Å². The molecule has 2 amide bonds. The van der Waals surface area contributed by atoms with Gasteiger partial charge in [-0.1, -0.05) is 31.4 Å². The standard InChI is InChI=1S/C29H35N3O4/c1-20(2)36-23-13-11-21(12-14-23)18-32-27(33)25-16-15-24(26-10-7-17-35-26)31(25)19-29(32,3)28(34)30-22-8-5-4-6-9-22/h7,10-17,20,22H,4-6,8-9,18-19H2,1-3H3,(H,30,34)/t29-/m1/s1. The Kier molecular flexibility index (Phi) is 6.65. The van der Waals surface area contributed by atoms with Crippen LogP contribution in [-0.4, -0.2) is 39.0 Å². The molecule has 1 fully saturated rings. The molecule has 0 saturated heterocycles. The number of carbonyl (C=O) groups excluding carboxylic acids is 2. The summed E-state index contributed by atoms with van der Waals surface area (Å²) in [5.41, 5.74) is 1.25. The molecule has 7 heteroatoms. The maximum absolute atomic E-state index is 13.9. The molecule has 7 nitrogen and oxygen atoms in total. The Morgan fingerprint density at radius 1 is 1.08 bits per heavy atom. The number of carbonyl (C=O) groups is 2. The first-order chi connectivity index (χ1) is 17.3. The summed E-state index contributed by atoms with van der Waals surface area (Å²) >= 11 is 0. The number of aromatic nitrogens is 1. The van der Waals surface area contributed by atoms with Crippen molar-refractivity contribution in [3.63, 3.8) is 0 Å². The van der Waals surface area contributed by atoms with E-state index < -0.39 is 5.54 Å². The molecule has 2 aliphatic rings. The number of nitrogens with one attached hydrogen (secondary N) is 1. The second-order valence-corrected chi connectivity index (χ2v) is 10.5. The van der Waals surface area contributed by atoms with Crippen LogP contribution in [0.4, 0.5) is 0 Å². The normalized spacial score (nSPS) is 20.4. The number of fused-ring (bicyclic) bond motifs is 1. The van der Waals surface area contributed by atoms with Gasteiger partial charge in [-0.3, -0.25) is 9.59 Å². The number of hydrogen-bond donors (Lipinski definition) is 1. The van der Waals surface area contributed by atoms with Crippen molar-refractivity contribution in [1.29, 1.82) is 0 Å². The van der Waals surface area contributed by atoms with Crippen LogP contribution in [0.15, 0.2) is 59.2 Å². The van der Waals surface area contributed by atoms with E-state index in [-0.39, 0.29) is 24.0 Å². The summed E-state index contributed by atoms with van der Waals surface area (Å²) in [4.78, 5) is 29.5. The van der Waals surface area contributed by atoms with E-state index in [0.717, 1.165) is 42.7 Å². The van der Waals surface area contributed by atoms with E-state index >= 15 is 0 Å². The van der Waals surface area contributed by atoms with E-state index in [4.69, 9.17) is 9.15 Å². The van der Waals surface area contributed by atoms with Gasteiger partial charge < -0.3 is 23.9 Å². The lowest BCUT2D eigenvalue weighted by molar-refractivity contribution is -0.134. The average Bonchev–Trinajstić information content (AvgIpc) is 3.53. The van der Waals surface area contributed by atoms with Crippen molar-refractivity contribution in [3.05, 3.63) is 66.1 Å². The van der Waals surface area contributed by atoms with Crippen molar-refractivity contribution >= 4 is 11.8 Å². The van der Waals surface area contributed by atoms with Crippen LogP contribution < -0.4 is 10.1 Å². The monoisotopic (exact) mass is 489 g/mol. The Labute approximate surface area is 212 Å². The quantitative estimate of drug-likeness (QED) is 0.482. The van der Waals surface area contributed by atoms with Crippen LogP contribution in [0, 0.1) is 0 Å². The first-order valence-corrected chi connectivity index (χ1v) is 13.0. The molecule has 190 valence electrons. The molecule has 3 heterocycles. The van der Waals surface area contributed by atoms with Crippen molar-refractivity contribution in [2.24, 2.45) is 0 Å². The fourth-order valence-electron chi connectivity index (χ4n) is 5.38. The average molecular weight is 490 g/mol. The second kappa shape index (κ2) is 9.88. The van der Waals surface area contributed by atoms with Crippen molar-refractivity contribution in [2.45, 2.75) is 83.6 Å². The van der Waals surface area contributed by atoms with Crippen LogP contribution in [0.3, 0.4) is 0 Å². The molecule has 36 heavy (non-hydrogen) atoms. The zero-order chi connectivity index (χ0) is 25.3. The van der Waals surface area contributed by atoms with Gasteiger partial charge in [-0.2, -0.15) is 0 Å². The molecule has 0 bridgehead atoms. The molecule has 0 radical (unpaired) electrons. The number of hydrogen-bond acceptors (Lipinski definition) is 4. The summed E-state index contributed by atoms with van der Waals surface area (Å²) in [6.45, 7) is 6.54. The zero-order valence-corrected chi connectivity index (χ0v) is 21.3. The SMILES string of the molecule is CC(C)Oc1ccc(CN2C(=O)c3ccc(-c4ccco4)n3C[C@]2(C)C(=O)NC2CCCCC2)cc1. The summed E-state index contributed by atoms with van der Waals surface area (Å²) in [7, 11) is 0. The highest BCUT2D eigenvalue weighted by Gasteiger charge is 2.48. The predicted molar refractivity (Wildman–Crippen MR) is 138 cm³/mol. The molecular weight excluding hydrogens is 454 g/mol. The van der Waals surface area contributed by atoms with E-state index in [1.807, 2.05) is 73.9 Å². The molecule has 0 spiro atoms. The van der Waals surface area contributed by atoms with Gasteiger partial charge in [0.25, 0.3) is 5.91 Å². The number of ether oxygens (including phenoxy) is 1. The second-order valence-electron chi connectivity index (χ2n) is 10.5. The summed E-state index contributed by atoms with van der Waals surface area (Å²) in [6.07, 6.45) is 7.14. The summed E-state index contributed by atoms with van der Waals surface area (Å²) in [5.74, 6) is 1.20. The van der Waals surface area contributed by atoms with Gasteiger partial charge in [0.15, 0.2) is 0 Å². The van der Waals surface area contributed by atoms with Crippen molar-refractivity contribution in [3.8, 4) is 17.2 Å². The van der Waals surface area contributed by atoms with Crippen molar-refractivity contribution in [2.75, 3.05) is 0 Å². The Balaban J connectivity index is 1.48. The molecule has 5 rings (SSSR count). The van der Waals surface area contributed by atoms with Gasteiger partial charge in [0.2, 0.25) is 5.91 Å². The Bertz CT molecular complexity index is 1210. The minimum atomic E-state index is -1.06. The Morgan fingerprint density at radius 3 is 2.47 bits per heavy atom. The van der Waals surface area contributed by atoms with Crippen LogP contribution in [0.1, 0.15) is 68.9 Å². The largest absolute Gasteiger partial charge is 0.491 e. The predicted octanol–water partition coefficient (Wildman–Crippen LogP) is 5.40. The van der Waals surface area contributed by atoms with Gasteiger partial charge in [0.05, 0.1) is 24.6 Å². The molecule has 1 saturated carbocycles. The Hall–Kier alpha value is -3.48. The van der Waals surface area contributed by atoms with Crippen LogP contribution in [0.25, 0.3) is 11.5 Å². The molecule has 1 N–H and O–H groups in total. The first kappa shape index (κ1) is 24.2. The molecule has 1 aliphatic carbocycles. The number of amides is 2. The smallest absolute Gasteiger partial charge is 0.271 e. The van der Waals surface area contributed by atoms with Gasteiger partial charge >= 0.3 is 0 Å². The summed E-state index contributed by atoms with van der Waals surface area (Å²) in [5, 5.41) is 3.28. The van der Waals surface area contributed by atoms with E-state index in [2.05, 4.69) is 5.32 Å². The van der Waals surface area contributed by atoms with Crippen molar-refractivity contribution < 1.29 is 18.7 Å². The molecule has 0 unspecified atom stereocenters. The summed E-state index contributed by atoms with van der Waals surface area (Å²) < 4.78 is 13.3. The fourth-order valence-corrected chi connectivity index (χ4v) is 5.38. The third-order valence-electron chi connectivity index (χ3n) is 7.35. The maximum Gasteiger partial charge on any atom is 0.271 e. The number of benzene rings is 1. The van der Waals surface area contributed by atoms with E-state index in [1.165, 1.54) is 6.42 Å². The topological polar surface area (TPSA) is 76.7 Å². The highest BCUT2D eigenvalue weighted by molar-refractivity contribution is 6.00. The molecule has 3 aromatic rings. The minimum absolute atomic E-state index is 0.0856.